The summed E-state index contributed by atoms with van der Waals surface area (Å²) in [5, 5.41) is 11.7. The Balaban J connectivity index is 1.70. The number of nitrogens with zero attached hydrogens (tertiary/aromatic N) is 1. The van der Waals surface area contributed by atoms with E-state index in [1.165, 1.54) is 11.3 Å². The molecule has 1 saturated heterocycles. The Labute approximate surface area is 159 Å². The van der Waals surface area contributed by atoms with Gasteiger partial charge in [0.1, 0.15) is 6.04 Å². The van der Waals surface area contributed by atoms with Gasteiger partial charge in [0.15, 0.2) is 0 Å². The molecule has 1 atom stereocenters. The maximum absolute atomic E-state index is 12.7. The molecule has 0 spiro atoms. The first kappa shape index (κ1) is 18.4. The van der Waals surface area contributed by atoms with Crippen molar-refractivity contribution in [1.82, 2.24) is 4.90 Å². The van der Waals surface area contributed by atoms with E-state index < -0.39 is 12.0 Å². The van der Waals surface area contributed by atoms with E-state index in [0.717, 1.165) is 6.42 Å². The van der Waals surface area contributed by atoms with E-state index >= 15 is 0 Å². The summed E-state index contributed by atoms with van der Waals surface area (Å²) in [6.07, 6.45) is 1.23. The highest BCUT2D eigenvalue weighted by Gasteiger charge is 2.35. The van der Waals surface area contributed by atoms with Crippen molar-refractivity contribution < 1.29 is 19.5 Å². The van der Waals surface area contributed by atoms with Crippen LogP contribution in [0.3, 0.4) is 0 Å². The number of carbonyl (C=O) groups is 3. The van der Waals surface area contributed by atoms with Crippen LogP contribution in [0.4, 0.5) is 5.69 Å². The fourth-order valence-electron chi connectivity index (χ4n) is 3.01. The van der Waals surface area contributed by atoms with Gasteiger partial charge in [-0.15, -0.1) is 11.3 Å². The fraction of sp³-hybridized carbons (Fsp3) is 0.278. The number of aliphatic carboxylic acids is 1. The van der Waals surface area contributed by atoms with Crippen molar-refractivity contribution in [3.05, 3.63) is 51.2 Å². The normalized spacial score (nSPS) is 16.5. The molecule has 8 heteroatoms. The Morgan fingerprint density at radius 1 is 1.27 bits per heavy atom. The summed E-state index contributed by atoms with van der Waals surface area (Å²) in [5.74, 6) is -1.40. The smallest absolute Gasteiger partial charge is 0.307 e. The van der Waals surface area contributed by atoms with Gasteiger partial charge in [0.25, 0.3) is 5.91 Å². The molecule has 136 valence electrons. The van der Waals surface area contributed by atoms with E-state index in [0.29, 0.717) is 33.4 Å². The molecular weight excluding hydrogens is 376 g/mol. The molecule has 1 aliphatic heterocycles. The van der Waals surface area contributed by atoms with Gasteiger partial charge in [-0.1, -0.05) is 23.7 Å². The standard InChI is InChI=1S/C18H17ClN2O4S/c19-15-7-6-14(26-15)18(25)21-8-2-5-13(21)17(24)20-12-4-1-3-11(9-12)10-16(22)23/h1,3-4,6-7,9,13H,2,5,8,10H2,(H,20,24)(H,22,23). The van der Waals surface area contributed by atoms with Gasteiger partial charge in [0, 0.05) is 12.2 Å². The molecular formula is C18H17ClN2O4S. The zero-order valence-corrected chi connectivity index (χ0v) is 15.3. The number of rotatable bonds is 5. The Kier molecular flexibility index (Phi) is 5.58. The van der Waals surface area contributed by atoms with E-state index in [2.05, 4.69) is 5.32 Å². The summed E-state index contributed by atoms with van der Waals surface area (Å²) in [5.41, 5.74) is 1.12. The number of likely N-dealkylation sites (tertiary alicyclic amines) is 1. The molecule has 2 N–H and O–H groups in total. The van der Waals surface area contributed by atoms with Crippen LogP contribution in [0.1, 0.15) is 28.1 Å². The number of carboxylic acids is 1. The Hall–Kier alpha value is -2.38. The second kappa shape index (κ2) is 7.88. The quantitative estimate of drug-likeness (QED) is 0.817. The highest BCUT2D eigenvalue weighted by Crippen LogP contribution is 2.27. The summed E-state index contributed by atoms with van der Waals surface area (Å²) in [6.45, 7) is 0.519. The monoisotopic (exact) mass is 392 g/mol. The fourth-order valence-corrected chi connectivity index (χ4v) is 4.01. The third kappa shape index (κ3) is 4.23. The van der Waals surface area contributed by atoms with Crippen molar-refractivity contribution in [2.45, 2.75) is 25.3 Å². The lowest BCUT2D eigenvalue weighted by molar-refractivity contribution is -0.136. The zero-order chi connectivity index (χ0) is 18.7. The van der Waals surface area contributed by atoms with Gasteiger partial charge in [-0.05, 0) is 42.7 Å². The number of thiophene rings is 1. The number of carboxylic acid groups (broad SMARTS) is 1. The van der Waals surface area contributed by atoms with Crippen LogP contribution in [0.5, 0.6) is 0 Å². The first-order valence-corrected chi connectivity index (χ1v) is 9.31. The summed E-state index contributed by atoms with van der Waals surface area (Å²) in [6, 6.07) is 9.49. The van der Waals surface area contributed by atoms with Crippen LogP contribution in [-0.4, -0.2) is 40.4 Å². The Bertz CT molecular complexity index is 851. The number of carbonyl (C=O) groups excluding carboxylic acids is 2. The first-order chi connectivity index (χ1) is 12.4. The molecule has 0 bridgehead atoms. The molecule has 1 aliphatic rings. The van der Waals surface area contributed by atoms with E-state index in [-0.39, 0.29) is 18.2 Å². The molecule has 1 fully saturated rings. The largest absolute Gasteiger partial charge is 0.481 e. The van der Waals surface area contributed by atoms with Crippen molar-refractivity contribution in [1.29, 1.82) is 0 Å². The van der Waals surface area contributed by atoms with E-state index in [1.807, 2.05) is 0 Å². The number of halogens is 1. The van der Waals surface area contributed by atoms with Crippen LogP contribution in [0.25, 0.3) is 0 Å². The molecule has 1 aromatic carbocycles. The molecule has 0 aliphatic carbocycles. The summed E-state index contributed by atoms with van der Waals surface area (Å²) >= 11 is 7.09. The van der Waals surface area contributed by atoms with E-state index in [9.17, 15) is 14.4 Å². The number of amides is 2. The van der Waals surface area contributed by atoms with E-state index in [4.69, 9.17) is 16.7 Å². The summed E-state index contributed by atoms with van der Waals surface area (Å²) < 4.78 is 0.531. The van der Waals surface area contributed by atoms with Crippen molar-refractivity contribution in [2.24, 2.45) is 0 Å². The Morgan fingerprint density at radius 2 is 2.08 bits per heavy atom. The van der Waals surface area contributed by atoms with Gasteiger partial charge in [-0.2, -0.15) is 0 Å². The lowest BCUT2D eigenvalue weighted by atomic mass is 10.1. The highest BCUT2D eigenvalue weighted by atomic mass is 35.5. The van der Waals surface area contributed by atoms with Crippen LogP contribution in [0, 0.1) is 0 Å². The minimum atomic E-state index is -0.935. The van der Waals surface area contributed by atoms with Gasteiger partial charge in [-0.25, -0.2) is 0 Å². The average Bonchev–Trinajstić information content (AvgIpc) is 3.23. The second-order valence-corrected chi connectivity index (χ2v) is 7.74. The lowest BCUT2D eigenvalue weighted by Crippen LogP contribution is -2.42. The van der Waals surface area contributed by atoms with Crippen molar-refractivity contribution in [2.75, 3.05) is 11.9 Å². The van der Waals surface area contributed by atoms with Gasteiger partial charge in [0.05, 0.1) is 15.6 Å². The molecule has 1 unspecified atom stereocenters. The maximum atomic E-state index is 12.7. The first-order valence-electron chi connectivity index (χ1n) is 8.12. The van der Waals surface area contributed by atoms with Crippen molar-refractivity contribution >= 4 is 46.4 Å². The molecule has 2 heterocycles. The minimum absolute atomic E-state index is 0.114. The molecule has 2 amide bonds. The minimum Gasteiger partial charge on any atom is -0.481 e. The summed E-state index contributed by atoms with van der Waals surface area (Å²) in [7, 11) is 0. The predicted octanol–water partition coefficient (Wildman–Crippen LogP) is 3.27. The van der Waals surface area contributed by atoms with E-state index in [1.54, 1.807) is 41.3 Å². The number of benzene rings is 1. The average molecular weight is 393 g/mol. The van der Waals surface area contributed by atoms with Crippen LogP contribution in [-0.2, 0) is 16.0 Å². The number of nitrogens with one attached hydrogen (secondary N) is 1. The second-order valence-electron chi connectivity index (χ2n) is 6.02. The van der Waals surface area contributed by atoms with Gasteiger partial charge < -0.3 is 15.3 Å². The number of hydrogen-bond donors (Lipinski definition) is 2. The van der Waals surface area contributed by atoms with Crippen LogP contribution in [0.15, 0.2) is 36.4 Å². The zero-order valence-electron chi connectivity index (χ0n) is 13.8. The summed E-state index contributed by atoms with van der Waals surface area (Å²) in [4.78, 5) is 38.2. The SMILES string of the molecule is O=C(O)Cc1cccc(NC(=O)C2CCCN2C(=O)c2ccc(Cl)s2)c1. The van der Waals surface area contributed by atoms with Gasteiger partial charge >= 0.3 is 5.97 Å². The van der Waals surface area contributed by atoms with Gasteiger partial charge in [0.2, 0.25) is 5.91 Å². The topological polar surface area (TPSA) is 86.7 Å². The van der Waals surface area contributed by atoms with Crippen molar-refractivity contribution in [3.63, 3.8) is 0 Å². The molecule has 0 saturated carbocycles. The molecule has 0 radical (unpaired) electrons. The Morgan fingerprint density at radius 3 is 2.77 bits per heavy atom. The number of anilines is 1. The molecule has 1 aromatic heterocycles. The molecule has 26 heavy (non-hydrogen) atoms. The number of hydrogen-bond acceptors (Lipinski definition) is 4. The lowest BCUT2D eigenvalue weighted by Gasteiger charge is -2.23. The molecule has 6 nitrogen and oxygen atoms in total. The van der Waals surface area contributed by atoms with Crippen molar-refractivity contribution in [3.8, 4) is 0 Å². The highest BCUT2D eigenvalue weighted by molar-refractivity contribution is 7.18. The third-order valence-corrected chi connectivity index (χ3v) is 5.37. The van der Waals surface area contributed by atoms with Gasteiger partial charge in [-0.3, -0.25) is 14.4 Å². The molecule has 2 aromatic rings. The maximum Gasteiger partial charge on any atom is 0.307 e. The van der Waals surface area contributed by atoms with Crippen LogP contribution >= 0.6 is 22.9 Å². The third-order valence-electron chi connectivity index (χ3n) is 4.15. The predicted molar refractivity (Wildman–Crippen MR) is 99.8 cm³/mol. The molecule has 3 rings (SSSR count). The van der Waals surface area contributed by atoms with Crippen LogP contribution in [0.2, 0.25) is 4.34 Å². The van der Waals surface area contributed by atoms with Crippen LogP contribution < -0.4 is 5.32 Å².